The maximum absolute atomic E-state index is 14.5. The van der Waals surface area contributed by atoms with E-state index in [1.807, 2.05) is 0 Å². The van der Waals surface area contributed by atoms with Crippen LogP contribution in [0.2, 0.25) is 0 Å². The van der Waals surface area contributed by atoms with Crippen molar-refractivity contribution in [2.75, 3.05) is 31.0 Å². The molecule has 3 heterocycles. The highest BCUT2D eigenvalue weighted by Gasteiger charge is 2.18. The maximum atomic E-state index is 14.5. The quantitative estimate of drug-likeness (QED) is 0.223. The van der Waals surface area contributed by atoms with Crippen LogP contribution in [-0.2, 0) is 6.54 Å². The molecule has 37 heavy (non-hydrogen) atoms. The Balaban J connectivity index is 1.56. The Hall–Kier alpha value is -4.78. The molecule has 0 saturated carbocycles. The first kappa shape index (κ1) is 25.3. The average molecular weight is 508 g/mol. The van der Waals surface area contributed by atoms with Crippen molar-refractivity contribution < 1.29 is 23.4 Å². The minimum absolute atomic E-state index is 0.0275. The fourth-order valence-corrected chi connectivity index (χ4v) is 3.26. The van der Waals surface area contributed by atoms with Crippen molar-refractivity contribution >= 4 is 22.9 Å². The number of aliphatic hydroxyl groups excluding tert-OH is 1. The number of hydrogen-bond acceptors (Lipinski definition) is 11. The second-order valence-corrected chi connectivity index (χ2v) is 7.43. The highest BCUT2D eigenvalue weighted by atomic mass is 19.1. The third-order valence-corrected chi connectivity index (χ3v) is 5.02. The number of aliphatic hydroxyl groups is 1. The van der Waals surface area contributed by atoms with E-state index in [-0.39, 0.29) is 48.3 Å². The molecule has 0 radical (unpaired) electrons. The summed E-state index contributed by atoms with van der Waals surface area (Å²) in [5, 5.41) is 31.0. The molecule has 0 atom stereocenters. The van der Waals surface area contributed by atoms with Gasteiger partial charge in [0.15, 0.2) is 17.4 Å². The number of pyridine rings is 1. The molecule has 0 aliphatic carbocycles. The van der Waals surface area contributed by atoms with Gasteiger partial charge in [-0.25, -0.2) is 18.7 Å². The van der Waals surface area contributed by atoms with Gasteiger partial charge in [-0.1, -0.05) is 0 Å². The topological polar surface area (TPSA) is 151 Å². The van der Waals surface area contributed by atoms with Crippen molar-refractivity contribution in [3.63, 3.8) is 0 Å². The average Bonchev–Trinajstić information content (AvgIpc) is 2.92. The monoisotopic (exact) mass is 508 g/mol. The van der Waals surface area contributed by atoms with Crippen LogP contribution in [0.5, 0.6) is 11.5 Å². The van der Waals surface area contributed by atoms with Crippen LogP contribution in [-0.4, -0.2) is 56.3 Å². The molecule has 0 bridgehead atoms. The molecule has 13 heteroatoms. The number of methoxy groups -OCH3 is 1. The molecule has 4 N–H and O–H groups in total. The van der Waals surface area contributed by atoms with Crippen molar-refractivity contribution in [1.29, 1.82) is 5.41 Å². The summed E-state index contributed by atoms with van der Waals surface area (Å²) in [7, 11) is 1.46. The lowest BCUT2D eigenvalue weighted by atomic mass is 10.1. The van der Waals surface area contributed by atoms with Crippen LogP contribution in [0.25, 0.3) is 0 Å². The molecule has 0 aliphatic rings. The number of halogens is 2. The summed E-state index contributed by atoms with van der Waals surface area (Å²) in [6.07, 6.45) is 5.90. The van der Waals surface area contributed by atoms with Gasteiger partial charge in [0.25, 0.3) is 0 Å². The molecule has 0 amide bonds. The molecule has 0 saturated heterocycles. The summed E-state index contributed by atoms with van der Waals surface area (Å²) >= 11 is 0. The van der Waals surface area contributed by atoms with Crippen molar-refractivity contribution in [3.05, 3.63) is 83.8 Å². The zero-order chi connectivity index (χ0) is 26.2. The lowest BCUT2D eigenvalue weighted by Crippen LogP contribution is -2.15. The molecule has 4 rings (SSSR count). The number of rotatable bonds is 11. The number of aromatic nitrogens is 5. The van der Waals surface area contributed by atoms with Gasteiger partial charge in [0.2, 0.25) is 0 Å². The highest BCUT2D eigenvalue weighted by Crippen LogP contribution is 2.26. The summed E-state index contributed by atoms with van der Waals surface area (Å²) in [5.74, 6) is -0.995. The Morgan fingerprint density at radius 2 is 1.89 bits per heavy atom. The van der Waals surface area contributed by atoms with E-state index in [1.165, 1.54) is 31.9 Å². The second-order valence-electron chi connectivity index (χ2n) is 7.43. The van der Waals surface area contributed by atoms with Crippen molar-refractivity contribution in [2.24, 2.45) is 0 Å². The number of nitrogens with zero attached hydrogens (tertiary/aromatic N) is 5. The van der Waals surface area contributed by atoms with Crippen LogP contribution in [0.1, 0.15) is 17.1 Å². The van der Waals surface area contributed by atoms with Crippen LogP contribution in [0.3, 0.4) is 0 Å². The fourth-order valence-electron chi connectivity index (χ4n) is 3.26. The van der Waals surface area contributed by atoms with Crippen LogP contribution >= 0.6 is 0 Å². The highest BCUT2D eigenvalue weighted by molar-refractivity contribution is 6.10. The summed E-state index contributed by atoms with van der Waals surface area (Å²) in [5.41, 5.74) is 0.764. The largest absolute Gasteiger partial charge is 0.491 e. The zero-order valence-electron chi connectivity index (χ0n) is 19.6. The van der Waals surface area contributed by atoms with E-state index in [9.17, 15) is 8.78 Å². The fraction of sp³-hybridized carbons (Fsp3) is 0.167. The minimum atomic E-state index is -0.819. The molecular formula is C24H22F2N8O3. The van der Waals surface area contributed by atoms with Crippen molar-refractivity contribution in [2.45, 2.75) is 6.54 Å². The molecule has 3 aromatic heterocycles. The van der Waals surface area contributed by atoms with E-state index in [1.54, 1.807) is 18.2 Å². The van der Waals surface area contributed by atoms with E-state index in [2.05, 4.69) is 35.8 Å². The van der Waals surface area contributed by atoms with Crippen LogP contribution in [0.15, 0.2) is 55.1 Å². The Kier molecular flexibility index (Phi) is 8.05. The third-order valence-electron chi connectivity index (χ3n) is 5.02. The number of anilines is 3. The molecule has 0 aliphatic heterocycles. The van der Waals surface area contributed by atoms with Gasteiger partial charge < -0.3 is 25.2 Å². The Bertz CT molecular complexity index is 1370. The van der Waals surface area contributed by atoms with Gasteiger partial charge >= 0.3 is 0 Å². The molecule has 190 valence electrons. The van der Waals surface area contributed by atoms with Crippen LogP contribution < -0.4 is 20.1 Å². The number of ether oxygens (including phenoxy) is 2. The van der Waals surface area contributed by atoms with E-state index in [4.69, 9.17) is 20.0 Å². The van der Waals surface area contributed by atoms with Gasteiger partial charge in [-0.3, -0.25) is 10.4 Å². The van der Waals surface area contributed by atoms with Gasteiger partial charge in [0.1, 0.15) is 35.4 Å². The van der Waals surface area contributed by atoms with Gasteiger partial charge in [-0.2, -0.15) is 10.2 Å². The first-order chi connectivity index (χ1) is 18.0. The molecular weight excluding hydrogens is 486 g/mol. The normalized spacial score (nSPS) is 10.6. The van der Waals surface area contributed by atoms with Crippen molar-refractivity contribution in [3.8, 4) is 11.5 Å². The van der Waals surface area contributed by atoms with Gasteiger partial charge in [0.05, 0.1) is 43.7 Å². The molecule has 0 unspecified atom stereocenters. The second kappa shape index (κ2) is 11.8. The Labute approximate surface area is 210 Å². The van der Waals surface area contributed by atoms with Crippen LogP contribution in [0, 0.1) is 17.0 Å². The van der Waals surface area contributed by atoms with Crippen molar-refractivity contribution in [1.82, 2.24) is 25.1 Å². The number of hydrogen-bond donors (Lipinski definition) is 4. The summed E-state index contributed by atoms with van der Waals surface area (Å²) in [4.78, 5) is 12.8. The summed E-state index contributed by atoms with van der Waals surface area (Å²) < 4.78 is 39.4. The van der Waals surface area contributed by atoms with E-state index >= 15 is 0 Å². The molecule has 0 fully saturated rings. The van der Waals surface area contributed by atoms with E-state index < -0.39 is 11.6 Å². The molecule has 11 nitrogen and oxygen atoms in total. The number of benzene rings is 1. The van der Waals surface area contributed by atoms with Gasteiger partial charge in [-0.15, -0.1) is 0 Å². The first-order valence-electron chi connectivity index (χ1n) is 10.9. The van der Waals surface area contributed by atoms with Gasteiger partial charge in [0, 0.05) is 30.4 Å². The maximum Gasteiger partial charge on any atom is 0.182 e. The molecule has 1 aromatic carbocycles. The SMILES string of the molecule is COc1cnc(C(=N)c2ncccc2NCc2c(F)cc(OCCO)cc2F)nc1Nc1ccnnc1. The zero-order valence-corrected chi connectivity index (χ0v) is 19.6. The summed E-state index contributed by atoms with van der Waals surface area (Å²) in [6.45, 7) is -0.588. The predicted octanol–water partition coefficient (Wildman–Crippen LogP) is 3.09. The summed E-state index contributed by atoms with van der Waals surface area (Å²) in [6, 6.07) is 7.01. The first-order valence-corrected chi connectivity index (χ1v) is 10.9. The minimum Gasteiger partial charge on any atom is -0.491 e. The molecule has 4 aromatic rings. The molecule has 0 spiro atoms. The standard InChI is InChI=1S/C24H22F2N8O3/c1-36-20-13-30-24(34-23(20)33-14-4-6-31-32-11-14)21(27)22-19(3-2-5-28-22)29-12-16-17(25)9-15(10-18(16)26)37-8-7-35/h2-6,9-11,13,27,29,35H,7-8,12H2,1H3,(H,30,31,33,34). The lowest BCUT2D eigenvalue weighted by molar-refractivity contribution is 0.200. The third kappa shape index (κ3) is 6.08. The Morgan fingerprint density at radius 3 is 2.59 bits per heavy atom. The smallest absolute Gasteiger partial charge is 0.182 e. The van der Waals surface area contributed by atoms with E-state index in [0.717, 1.165) is 12.1 Å². The van der Waals surface area contributed by atoms with Crippen LogP contribution in [0.4, 0.5) is 26.0 Å². The number of nitrogens with one attached hydrogen (secondary N) is 3. The van der Waals surface area contributed by atoms with Gasteiger partial charge in [-0.05, 0) is 18.2 Å². The van der Waals surface area contributed by atoms with E-state index in [0.29, 0.717) is 22.9 Å². The lowest BCUT2D eigenvalue weighted by Gasteiger charge is -2.14. The predicted molar refractivity (Wildman–Crippen MR) is 130 cm³/mol. The Morgan fingerprint density at radius 1 is 1.08 bits per heavy atom.